The van der Waals surface area contributed by atoms with E-state index in [1.54, 1.807) is 0 Å². The molecule has 5 nitrogen and oxygen atoms in total. The largest absolute Gasteiger partial charge is 0.458 e. The number of benzene rings is 8. The lowest BCUT2D eigenvalue weighted by atomic mass is 9.86. The zero-order valence-corrected chi connectivity index (χ0v) is 39.5. The van der Waals surface area contributed by atoms with Gasteiger partial charge in [-0.05, 0) is 105 Å². The molecule has 0 aliphatic heterocycles. The third-order valence-corrected chi connectivity index (χ3v) is 13.6. The lowest BCUT2D eigenvalue weighted by Crippen LogP contribution is -2.31. The zero-order chi connectivity index (χ0) is 46.5. The van der Waals surface area contributed by atoms with Crippen LogP contribution in [-0.4, -0.2) is 14.1 Å². The van der Waals surface area contributed by atoms with Crippen molar-refractivity contribution in [1.29, 1.82) is 0 Å². The third-order valence-electron chi connectivity index (χ3n) is 13.6. The molecule has 0 amide bonds. The zero-order valence-electron chi connectivity index (χ0n) is 39.5. The van der Waals surface area contributed by atoms with Crippen LogP contribution in [0.15, 0.2) is 206 Å². The van der Waals surface area contributed by atoms with Gasteiger partial charge in [-0.25, -0.2) is 4.98 Å². The molecule has 0 aliphatic rings. The summed E-state index contributed by atoms with van der Waals surface area (Å²) in [5.41, 5.74) is 15.7. The van der Waals surface area contributed by atoms with Crippen molar-refractivity contribution >= 4 is 32.8 Å². The molecule has 332 valence electrons. The number of hydrogen-bond acceptors (Lipinski definition) is 2. The molecule has 0 bridgehead atoms. The monoisotopic (exact) mass is 882 g/mol. The Morgan fingerprint density at radius 2 is 1.15 bits per heavy atom. The number of pyridine rings is 1. The highest BCUT2D eigenvalue weighted by Crippen LogP contribution is 2.41. The van der Waals surface area contributed by atoms with E-state index in [0.717, 1.165) is 78.4 Å². The first-order valence-electron chi connectivity index (χ1n) is 23.7. The van der Waals surface area contributed by atoms with Gasteiger partial charge in [0, 0.05) is 28.6 Å². The lowest BCUT2D eigenvalue weighted by molar-refractivity contribution is -0.571. The predicted octanol–water partition coefficient (Wildman–Crippen LogP) is 16.0. The van der Waals surface area contributed by atoms with Crippen molar-refractivity contribution in [2.24, 2.45) is 5.92 Å². The van der Waals surface area contributed by atoms with E-state index in [4.69, 9.17) is 9.72 Å². The summed E-state index contributed by atoms with van der Waals surface area (Å²) in [7, 11) is 0. The highest BCUT2D eigenvalue weighted by molar-refractivity contribution is 6.10. The van der Waals surface area contributed by atoms with Crippen LogP contribution in [0.4, 0.5) is 0 Å². The summed E-state index contributed by atoms with van der Waals surface area (Å²) in [6.07, 6.45) is 5.88. The quantitative estimate of drug-likeness (QED) is 0.101. The van der Waals surface area contributed by atoms with Gasteiger partial charge in [0.25, 0.3) is 6.33 Å². The van der Waals surface area contributed by atoms with Crippen molar-refractivity contribution in [2.45, 2.75) is 52.9 Å². The van der Waals surface area contributed by atoms with Crippen LogP contribution in [0.25, 0.3) is 83.4 Å². The summed E-state index contributed by atoms with van der Waals surface area (Å²) in [6, 6.07) is 71.0. The molecule has 11 rings (SSSR count). The van der Waals surface area contributed by atoms with E-state index in [0.29, 0.717) is 11.8 Å². The molecule has 0 N–H and O–H groups in total. The number of fused-ring (bicyclic) bond motifs is 4. The Balaban J connectivity index is 1.03. The molecule has 5 heteroatoms. The predicted molar refractivity (Wildman–Crippen MR) is 281 cm³/mol. The van der Waals surface area contributed by atoms with Gasteiger partial charge in [-0.3, -0.25) is 13.7 Å². The van der Waals surface area contributed by atoms with E-state index in [9.17, 15) is 0 Å². The summed E-state index contributed by atoms with van der Waals surface area (Å²) in [4.78, 5) is 5.24. The molecule has 0 fully saturated rings. The van der Waals surface area contributed by atoms with Gasteiger partial charge in [-0.15, -0.1) is 0 Å². The molecule has 3 aromatic heterocycles. The molecular weight excluding hydrogens is 829 g/mol. The molecule has 3 heterocycles. The summed E-state index contributed by atoms with van der Waals surface area (Å²) in [5, 5.41) is 2.35. The summed E-state index contributed by atoms with van der Waals surface area (Å²) in [6.45, 7) is 13.8. The molecule has 0 aliphatic carbocycles. The highest BCUT2D eigenvalue weighted by Gasteiger charge is 2.23. The minimum atomic E-state index is -0.0106. The Morgan fingerprint density at radius 3 is 1.81 bits per heavy atom. The van der Waals surface area contributed by atoms with Crippen molar-refractivity contribution in [3.05, 3.63) is 224 Å². The van der Waals surface area contributed by atoms with Crippen molar-refractivity contribution in [1.82, 2.24) is 14.1 Å². The Labute approximate surface area is 399 Å². The van der Waals surface area contributed by atoms with Crippen LogP contribution in [0.3, 0.4) is 0 Å². The smallest absolute Gasteiger partial charge is 0.269 e. The van der Waals surface area contributed by atoms with Crippen LogP contribution in [-0.2, 0) is 5.41 Å². The minimum absolute atomic E-state index is 0.0106. The first-order valence-corrected chi connectivity index (χ1v) is 23.7. The second-order valence-corrected chi connectivity index (χ2v) is 19.3. The molecule has 11 aromatic rings. The summed E-state index contributed by atoms with van der Waals surface area (Å²) >= 11 is 0. The third kappa shape index (κ3) is 7.74. The fourth-order valence-electron chi connectivity index (χ4n) is 9.68. The number of aromatic nitrogens is 4. The van der Waals surface area contributed by atoms with Crippen molar-refractivity contribution in [3.8, 4) is 62.1 Å². The fourth-order valence-corrected chi connectivity index (χ4v) is 9.68. The molecule has 1 atom stereocenters. The number of hydrogen-bond donors (Lipinski definition) is 0. The van der Waals surface area contributed by atoms with Crippen LogP contribution in [0, 0.1) is 12.2 Å². The molecule has 68 heavy (non-hydrogen) atoms. The fraction of sp³-hybridized carbons (Fsp3) is 0.143. The van der Waals surface area contributed by atoms with E-state index < -0.39 is 0 Å². The molecule has 0 saturated carbocycles. The average molecular weight is 883 g/mol. The van der Waals surface area contributed by atoms with Gasteiger partial charge in [0.15, 0.2) is 0 Å². The van der Waals surface area contributed by atoms with Crippen molar-refractivity contribution in [3.63, 3.8) is 0 Å². The second kappa shape index (κ2) is 17.3. The summed E-state index contributed by atoms with van der Waals surface area (Å²) in [5.74, 6) is 3.12. The number of nitrogens with zero attached hydrogens (tertiary/aromatic N) is 4. The van der Waals surface area contributed by atoms with Gasteiger partial charge >= 0.3 is 0 Å². The Bertz CT molecular complexity index is 3560. The highest BCUT2D eigenvalue weighted by atomic mass is 16.5. The number of imidazole rings is 1. The van der Waals surface area contributed by atoms with E-state index >= 15 is 0 Å². The van der Waals surface area contributed by atoms with Crippen LogP contribution in [0.2, 0.25) is 0 Å². The molecule has 1 unspecified atom stereocenters. The lowest BCUT2D eigenvalue weighted by Gasteiger charge is -2.21. The summed E-state index contributed by atoms with van der Waals surface area (Å²) < 4.78 is 13.6. The maximum absolute atomic E-state index is 6.87. The first-order chi connectivity index (χ1) is 33.1. The first kappa shape index (κ1) is 42.6. The van der Waals surface area contributed by atoms with Gasteiger partial charge in [-0.1, -0.05) is 187 Å². The van der Waals surface area contributed by atoms with E-state index in [-0.39, 0.29) is 5.41 Å². The second-order valence-electron chi connectivity index (χ2n) is 19.3. The molecule has 0 saturated heterocycles. The van der Waals surface area contributed by atoms with Crippen LogP contribution in [0.5, 0.6) is 11.5 Å². The van der Waals surface area contributed by atoms with Crippen LogP contribution in [0.1, 0.15) is 58.6 Å². The van der Waals surface area contributed by atoms with E-state index in [1.165, 1.54) is 27.6 Å². The van der Waals surface area contributed by atoms with Gasteiger partial charge in [0.05, 0.1) is 33.4 Å². The minimum Gasteiger partial charge on any atom is -0.458 e. The van der Waals surface area contributed by atoms with Gasteiger partial charge in [0.1, 0.15) is 17.3 Å². The van der Waals surface area contributed by atoms with Crippen LogP contribution < -0.4 is 9.30 Å². The molecule has 0 spiro atoms. The van der Waals surface area contributed by atoms with Crippen molar-refractivity contribution in [2.75, 3.05) is 0 Å². The Hall–Kier alpha value is -8.02. The SMILES string of the molecule is CC(C)C(C)c1cc(-n2c3ccc(C(C)(C)C)cc3c3ccc(Oc4cccc(-n5[c-][n+](-c6c(-c7ccccc7)cccc6-c6ccccc6)c6ccccc65)c4)cc32)ncc1-c1ccccc1. The standard InChI is InChI=1S/C63H54N4O/c1-42(2)43(3)54-39-61(64-40-56(54)46-24-14-9-15-25-46)67-57-35-32-47(63(4,5)6)36-55(57)53-34-33-50(38-60(53)67)68-49-27-18-26-48(37-49)65-41-66(59-31-17-16-30-58(59)65)62-51(44-20-10-7-11-21-44)28-19-29-52(62)45-22-12-8-13-23-45/h7-40,42-43H,1-6H3. The van der Waals surface area contributed by atoms with Crippen LogP contribution >= 0.6 is 0 Å². The number of para-hydroxylation sites is 3. The Kier molecular flexibility index (Phi) is 10.9. The normalized spacial score (nSPS) is 12.3. The van der Waals surface area contributed by atoms with Gasteiger partial charge in [0.2, 0.25) is 0 Å². The Morgan fingerprint density at radius 1 is 0.529 bits per heavy atom. The average Bonchev–Trinajstić information content (AvgIpc) is 3.92. The topological polar surface area (TPSA) is 35.9 Å². The van der Waals surface area contributed by atoms with E-state index in [1.807, 2.05) is 6.07 Å². The number of rotatable bonds is 10. The van der Waals surface area contributed by atoms with Gasteiger partial charge in [-0.2, -0.15) is 0 Å². The molecular formula is C63H54N4O. The maximum Gasteiger partial charge on any atom is 0.269 e. The van der Waals surface area contributed by atoms with Crippen molar-refractivity contribution < 1.29 is 9.30 Å². The van der Waals surface area contributed by atoms with Gasteiger partial charge < -0.3 is 4.74 Å². The maximum atomic E-state index is 6.87. The molecule has 8 aromatic carbocycles. The molecule has 0 radical (unpaired) electrons. The van der Waals surface area contributed by atoms with E-state index in [2.05, 4.69) is 262 Å². The number of ether oxygens (including phenoxy) is 1.